The van der Waals surface area contributed by atoms with Gasteiger partial charge in [0.15, 0.2) is 0 Å². The van der Waals surface area contributed by atoms with Crippen LogP contribution in [0.1, 0.15) is 19.8 Å². The summed E-state index contributed by atoms with van der Waals surface area (Å²) in [5, 5.41) is 9.93. The van der Waals surface area contributed by atoms with Crippen molar-refractivity contribution in [2.45, 2.75) is 29.6 Å². The predicted octanol–water partition coefficient (Wildman–Crippen LogP) is 1.94. The van der Waals surface area contributed by atoms with Crippen LogP contribution in [0, 0.1) is 0 Å². The minimum Gasteiger partial charge on any atom is -0.389 e. The topological polar surface area (TPSA) is 57.6 Å². The highest BCUT2D eigenvalue weighted by molar-refractivity contribution is 7.91. The first-order valence-corrected chi connectivity index (χ1v) is 7.93. The number of β-amino-alcohol motifs (C(OH)–C–C–N with tert-alkyl or cyclic N) is 1. The average Bonchev–Trinajstić information content (AvgIpc) is 2.64. The molecule has 1 atom stereocenters. The summed E-state index contributed by atoms with van der Waals surface area (Å²) in [6, 6.07) is 3.08. The van der Waals surface area contributed by atoms with E-state index in [-0.39, 0.29) is 10.8 Å². The van der Waals surface area contributed by atoms with E-state index in [9.17, 15) is 13.5 Å². The normalized spacial score (nSPS) is 27.2. The molecule has 0 bridgehead atoms. The summed E-state index contributed by atoms with van der Waals surface area (Å²) in [7, 11) is -3.50. The zero-order valence-electron chi connectivity index (χ0n) is 9.39. The molecule has 0 radical (unpaired) electrons. The second-order valence-electron chi connectivity index (χ2n) is 4.50. The van der Waals surface area contributed by atoms with E-state index in [1.807, 2.05) is 0 Å². The zero-order chi connectivity index (χ0) is 12.7. The van der Waals surface area contributed by atoms with Gasteiger partial charge in [-0.3, -0.25) is 0 Å². The first kappa shape index (κ1) is 13.3. The Hall–Kier alpha value is -0.140. The van der Waals surface area contributed by atoms with Gasteiger partial charge in [0.1, 0.15) is 4.21 Å². The second kappa shape index (κ2) is 4.51. The lowest BCUT2D eigenvalue weighted by Gasteiger charge is -2.35. The van der Waals surface area contributed by atoms with Crippen LogP contribution in [0.5, 0.6) is 0 Å². The molecule has 1 aliphatic heterocycles. The van der Waals surface area contributed by atoms with Gasteiger partial charge in [-0.05, 0) is 31.9 Å². The fourth-order valence-electron chi connectivity index (χ4n) is 1.94. The van der Waals surface area contributed by atoms with Crippen LogP contribution < -0.4 is 0 Å². The molecule has 1 aliphatic rings. The third-order valence-corrected chi connectivity index (χ3v) is 6.33. The van der Waals surface area contributed by atoms with Crippen molar-refractivity contribution in [1.82, 2.24) is 4.31 Å². The third-order valence-electron chi connectivity index (χ3n) is 2.78. The molecular formula is C10H14ClNO3S2. The summed E-state index contributed by atoms with van der Waals surface area (Å²) in [6.45, 7) is 2.26. The van der Waals surface area contributed by atoms with Gasteiger partial charge in [-0.25, -0.2) is 8.42 Å². The molecule has 2 heterocycles. The molecule has 1 N–H and O–H groups in total. The minimum atomic E-state index is -3.50. The van der Waals surface area contributed by atoms with Gasteiger partial charge in [0.05, 0.1) is 9.94 Å². The Morgan fingerprint density at radius 1 is 1.53 bits per heavy atom. The maximum atomic E-state index is 12.3. The molecule has 1 unspecified atom stereocenters. The lowest BCUT2D eigenvalue weighted by atomic mass is 9.97. The molecular weight excluding hydrogens is 282 g/mol. The number of piperidine rings is 1. The molecule has 0 aliphatic carbocycles. The summed E-state index contributed by atoms with van der Waals surface area (Å²) < 4.78 is 26.5. The van der Waals surface area contributed by atoms with Crippen molar-refractivity contribution in [1.29, 1.82) is 0 Å². The molecule has 0 saturated carbocycles. The van der Waals surface area contributed by atoms with Gasteiger partial charge in [0, 0.05) is 13.1 Å². The molecule has 0 spiro atoms. The largest absolute Gasteiger partial charge is 0.389 e. The Bertz CT molecular complexity index is 509. The van der Waals surface area contributed by atoms with Crippen LogP contribution in [-0.2, 0) is 10.0 Å². The first-order valence-electron chi connectivity index (χ1n) is 5.29. The van der Waals surface area contributed by atoms with Gasteiger partial charge in [0.2, 0.25) is 0 Å². The first-order chi connectivity index (χ1) is 7.81. The highest BCUT2D eigenvalue weighted by atomic mass is 35.5. The lowest BCUT2D eigenvalue weighted by Crippen LogP contribution is -2.48. The van der Waals surface area contributed by atoms with Crippen LogP contribution in [0.15, 0.2) is 16.3 Å². The maximum Gasteiger partial charge on any atom is 0.252 e. The van der Waals surface area contributed by atoms with Crippen molar-refractivity contribution >= 4 is 33.0 Å². The molecule has 2 rings (SSSR count). The van der Waals surface area contributed by atoms with Gasteiger partial charge in [-0.1, -0.05) is 11.6 Å². The number of rotatable bonds is 2. The molecule has 4 nitrogen and oxygen atoms in total. The summed E-state index contributed by atoms with van der Waals surface area (Å²) in [5.74, 6) is 0. The van der Waals surface area contributed by atoms with E-state index in [2.05, 4.69) is 0 Å². The van der Waals surface area contributed by atoms with E-state index in [4.69, 9.17) is 11.6 Å². The second-order valence-corrected chi connectivity index (χ2v) is 8.38. The van der Waals surface area contributed by atoms with E-state index in [1.54, 1.807) is 13.0 Å². The number of hydrogen-bond acceptors (Lipinski definition) is 4. The molecule has 1 fully saturated rings. The summed E-state index contributed by atoms with van der Waals surface area (Å²) in [5.41, 5.74) is -0.938. The Kier molecular flexibility index (Phi) is 3.53. The third kappa shape index (κ3) is 2.82. The SMILES string of the molecule is CC1(O)CCCN(S(=O)(=O)c2ccc(Cl)s2)C1. The standard InChI is InChI=1S/C10H14ClNO3S2/c1-10(13)5-2-6-12(7-10)17(14,15)9-4-3-8(11)16-9/h3-4,13H,2,5-7H2,1H3. The van der Waals surface area contributed by atoms with Gasteiger partial charge in [-0.2, -0.15) is 4.31 Å². The van der Waals surface area contributed by atoms with Gasteiger partial charge >= 0.3 is 0 Å². The Morgan fingerprint density at radius 2 is 2.24 bits per heavy atom. The minimum absolute atomic E-state index is 0.144. The molecule has 1 aromatic heterocycles. The van der Waals surface area contributed by atoms with E-state index < -0.39 is 15.6 Å². The number of halogens is 1. The van der Waals surface area contributed by atoms with E-state index in [1.165, 1.54) is 10.4 Å². The van der Waals surface area contributed by atoms with Crippen LogP contribution in [0.25, 0.3) is 0 Å². The Morgan fingerprint density at radius 3 is 2.76 bits per heavy atom. The van der Waals surface area contributed by atoms with E-state index in [0.717, 1.165) is 11.3 Å². The average molecular weight is 296 g/mol. The van der Waals surface area contributed by atoms with Crippen LogP contribution in [-0.4, -0.2) is 36.5 Å². The highest BCUT2D eigenvalue weighted by Gasteiger charge is 2.36. The van der Waals surface area contributed by atoms with Crippen LogP contribution in [0.2, 0.25) is 4.34 Å². The van der Waals surface area contributed by atoms with Crippen molar-refractivity contribution in [3.63, 3.8) is 0 Å². The Labute approximate surface area is 110 Å². The fraction of sp³-hybridized carbons (Fsp3) is 0.600. The number of sulfonamides is 1. The molecule has 7 heteroatoms. The number of thiophene rings is 1. The van der Waals surface area contributed by atoms with Crippen molar-refractivity contribution in [3.8, 4) is 0 Å². The van der Waals surface area contributed by atoms with Crippen molar-refractivity contribution < 1.29 is 13.5 Å². The predicted molar refractivity (Wildman–Crippen MR) is 67.9 cm³/mol. The summed E-state index contributed by atoms with van der Waals surface area (Å²) in [6.07, 6.45) is 1.30. The molecule has 0 aromatic carbocycles. The summed E-state index contributed by atoms with van der Waals surface area (Å²) in [4.78, 5) is 0. The summed E-state index contributed by atoms with van der Waals surface area (Å²) >= 11 is 6.79. The van der Waals surface area contributed by atoms with Gasteiger partial charge in [-0.15, -0.1) is 11.3 Å². The molecule has 1 aromatic rings. The van der Waals surface area contributed by atoms with Crippen LogP contribution in [0.4, 0.5) is 0 Å². The lowest BCUT2D eigenvalue weighted by molar-refractivity contribution is 0.00945. The van der Waals surface area contributed by atoms with Crippen molar-refractivity contribution in [2.75, 3.05) is 13.1 Å². The van der Waals surface area contributed by atoms with Crippen LogP contribution >= 0.6 is 22.9 Å². The Balaban J connectivity index is 2.27. The maximum absolute atomic E-state index is 12.3. The van der Waals surface area contributed by atoms with Crippen molar-refractivity contribution in [3.05, 3.63) is 16.5 Å². The molecule has 17 heavy (non-hydrogen) atoms. The van der Waals surface area contributed by atoms with Crippen LogP contribution in [0.3, 0.4) is 0 Å². The van der Waals surface area contributed by atoms with E-state index in [0.29, 0.717) is 23.7 Å². The molecule has 0 amide bonds. The fourth-order valence-corrected chi connectivity index (χ4v) is 5.18. The highest BCUT2D eigenvalue weighted by Crippen LogP contribution is 2.31. The molecule has 96 valence electrons. The zero-order valence-corrected chi connectivity index (χ0v) is 11.8. The van der Waals surface area contributed by atoms with Gasteiger partial charge in [0.25, 0.3) is 10.0 Å². The van der Waals surface area contributed by atoms with Gasteiger partial charge < -0.3 is 5.11 Å². The molecule has 1 saturated heterocycles. The number of hydrogen-bond donors (Lipinski definition) is 1. The monoisotopic (exact) mass is 295 g/mol. The number of nitrogens with zero attached hydrogens (tertiary/aromatic N) is 1. The smallest absolute Gasteiger partial charge is 0.252 e. The van der Waals surface area contributed by atoms with E-state index >= 15 is 0 Å². The van der Waals surface area contributed by atoms with Crippen molar-refractivity contribution in [2.24, 2.45) is 0 Å². The number of aliphatic hydroxyl groups is 1. The quantitative estimate of drug-likeness (QED) is 0.907.